The molecule has 2 aliphatic rings. The average molecular weight is 476 g/mol. The van der Waals surface area contributed by atoms with E-state index in [1.807, 2.05) is 10.7 Å². The smallest absolute Gasteiger partial charge is 0.277 e. The minimum Gasteiger partial charge on any atom is -0.315 e. The van der Waals surface area contributed by atoms with Crippen LogP contribution < -0.4 is 15.4 Å². The van der Waals surface area contributed by atoms with Gasteiger partial charge in [-0.2, -0.15) is 5.10 Å². The minimum atomic E-state index is -3.62. The van der Waals surface area contributed by atoms with Crippen LogP contribution in [0.25, 0.3) is 10.2 Å². The monoisotopic (exact) mass is 475 g/mol. The first-order valence-corrected chi connectivity index (χ1v) is 12.9. The van der Waals surface area contributed by atoms with Crippen LogP contribution in [0.15, 0.2) is 29.2 Å². The normalized spacial score (nSPS) is 19.7. The Labute approximate surface area is 190 Å². The SMILES string of the molecule is CN1CCCn2nc(C(=O)Nc3nc4ccc(S(=O)(=O)NC5CCNC5)cc4s3)cc2C1. The number of anilines is 1. The molecule has 1 atom stereocenters. The second-order valence-corrected chi connectivity index (χ2v) is 11.0. The lowest BCUT2D eigenvalue weighted by Crippen LogP contribution is -2.36. The molecule has 2 aliphatic heterocycles. The zero-order valence-corrected chi connectivity index (χ0v) is 19.3. The number of nitrogens with zero attached hydrogens (tertiary/aromatic N) is 4. The van der Waals surface area contributed by atoms with E-state index in [0.29, 0.717) is 27.6 Å². The van der Waals surface area contributed by atoms with E-state index in [1.54, 1.807) is 18.2 Å². The number of carbonyl (C=O) groups is 1. The Morgan fingerprint density at radius 2 is 2.16 bits per heavy atom. The van der Waals surface area contributed by atoms with Crippen molar-refractivity contribution in [3.05, 3.63) is 35.7 Å². The molecule has 10 nitrogen and oxygen atoms in total. The van der Waals surface area contributed by atoms with E-state index in [0.717, 1.165) is 44.7 Å². The number of aryl methyl sites for hydroxylation is 1. The topological polar surface area (TPSA) is 121 Å². The lowest BCUT2D eigenvalue weighted by Gasteiger charge is -2.11. The number of thiazole rings is 1. The van der Waals surface area contributed by atoms with Gasteiger partial charge in [0.15, 0.2) is 10.8 Å². The third-order valence-electron chi connectivity index (χ3n) is 5.71. The molecule has 3 aromatic rings. The Hall–Kier alpha value is -2.38. The van der Waals surface area contributed by atoms with Crippen LogP contribution in [0.5, 0.6) is 0 Å². The Bertz CT molecular complexity index is 1260. The molecule has 0 spiro atoms. The fourth-order valence-corrected chi connectivity index (χ4v) is 6.33. The summed E-state index contributed by atoms with van der Waals surface area (Å²) in [6.07, 6.45) is 1.76. The summed E-state index contributed by atoms with van der Waals surface area (Å²) < 4.78 is 30.7. The minimum absolute atomic E-state index is 0.100. The summed E-state index contributed by atoms with van der Waals surface area (Å²) in [5.74, 6) is -0.324. The van der Waals surface area contributed by atoms with Gasteiger partial charge in [-0.15, -0.1) is 0 Å². The molecular formula is C20H25N7O3S2. The Kier molecular flexibility index (Phi) is 5.72. The summed E-state index contributed by atoms with van der Waals surface area (Å²) in [5.41, 5.74) is 2.00. The lowest BCUT2D eigenvalue weighted by molar-refractivity contribution is 0.102. The van der Waals surface area contributed by atoms with Gasteiger partial charge in [-0.1, -0.05) is 11.3 Å². The first kappa shape index (κ1) is 21.5. The Morgan fingerprint density at radius 1 is 1.28 bits per heavy atom. The van der Waals surface area contributed by atoms with Crippen molar-refractivity contribution in [2.45, 2.75) is 36.9 Å². The third kappa shape index (κ3) is 4.41. The maximum atomic E-state index is 12.7. The molecule has 12 heteroatoms. The number of fused-ring (bicyclic) bond motifs is 2. The van der Waals surface area contributed by atoms with Gasteiger partial charge in [0.05, 0.1) is 20.8 Å². The van der Waals surface area contributed by atoms with Crippen molar-refractivity contribution in [2.75, 3.05) is 32.0 Å². The summed E-state index contributed by atoms with van der Waals surface area (Å²) in [6.45, 7) is 3.98. The Morgan fingerprint density at radius 3 is 2.97 bits per heavy atom. The molecular weight excluding hydrogens is 450 g/mol. The van der Waals surface area contributed by atoms with Crippen LogP contribution in [-0.2, 0) is 23.1 Å². The fourth-order valence-electron chi connectivity index (χ4n) is 4.06. The van der Waals surface area contributed by atoms with Gasteiger partial charge in [0.1, 0.15) is 0 Å². The highest BCUT2D eigenvalue weighted by atomic mass is 32.2. The van der Waals surface area contributed by atoms with Crippen molar-refractivity contribution in [3.63, 3.8) is 0 Å². The van der Waals surface area contributed by atoms with Gasteiger partial charge in [-0.25, -0.2) is 18.1 Å². The predicted molar refractivity (Wildman–Crippen MR) is 122 cm³/mol. The first-order chi connectivity index (χ1) is 15.4. The highest BCUT2D eigenvalue weighted by Gasteiger charge is 2.24. The molecule has 5 rings (SSSR count). The van der Waals surface area contributed by atoms with Crippen molar-refractivity contribution >= 4 is 42.6 Å². The summed E-state index contributed by atoms with van der Waals surface area (Å²) >= 11 is 1.24. The molecule has 3 N–H and O–H groups in total. The van der Waals surface area contributed by atoms with Crippen molar-refractivity contribution in [1.82, 2.24) is 29.7 Å². The number of carbonyl (C=O) groups excluding carboxylic acids is 1. The van der Waals surface area contributed by atoms with Gasteiger partial charge >= 0.3 is 0 Å². The molecule has 2 aromatic heterocycles. The van der Waals surface area contributed by atoms with Crippen LogP contribution in [-0.4, -0.2) is 66.7 Å². The van der Waals surface area contributed by atoms with E-state index in [-0.39, 0.29) is 16.8 Å². The quantitative estimate of drug-likeness (QED) is 0.507. The number of hydrogen-bond donors (Lipinski definition) is 3. The Balaban J connectivity index is 1.33. The molecule has 1 aromatic carbocycles. The summed E-state index contributed by atoms with van der Waals surface area (Å²) in [4.78, 5) is 19.6. The molecule has 170 valence electrons. The predicted octanol–water partition coefficient (Wildman–Crippen LogP) is 1.22. The molecule has 0 bridgehead atoms. The van der Waals surface area contributed by atoms with Gasteiger partial charge in [0.25, 0.3) is 5.91 Å². The number of hydrogen-bond acceptors (Lipinski definition) is 8. The molecule has 4 heterocycles. The van der Waals surface area contributed by atoms with Crippen LogP contribution in [0.4, 0.5) is 5.13 Å². The number of sulfonamides is 1. The lowest BCUT2D eigenvalue weighted by atomic mass is 10.3. The van der Waals surface area contributed by atoms with Gasteiger partial charge < -0.3 is 10.2 Å². The molecule has 1 unspecified atom stereocenters. The van der Waals surface area contributed by atoms with Gasteiger partial charge in [0, 0.05) is 32.2 Å². The largest absolute Gasteiger partial charge is 0.315 e. The number of benzene rings is 1. The van der Waals surface area contributed by atoms with E-state index < -0.39 is 10.0 Å². The third-order valence-corrected chi connectivity index (χ3v) is 8.16. The average Bonchev–Trinajstić information content (AvgIpc) is 3.45. The molecule has 1 fully saturated rings. The van der Waals surface area contributed by atoms with E-state index in [2.05, 4.69) is 37.4 Å². The van der Waals surface area contributed by atoms with Crippen molar-refractivity contribution in [3.8, 4) is 0 Å². The highest BCUT2D eigenvalue weighted by Crippen LogP contribution is 2.29. The van der Waals surface area contributed by atoms with Crippen molar-refractivity contribution in [1.29, 1.82) is 0 Å². The van der Waals surface area contributed by atoms with Gasteiger partial charge in [0.2, 0.25) is 10.0 Å². The zero-order chi connectivity index (χ0) is 22.3. The molecule has 1 amide bonds. The van der Waals surface area contributed by atoms with Gasteiger partial charge in [-0.3, -0.25) is 14.8 Å². The molecule has 32 heavy (non-hydrogen) atoms. The standard InChI is InChI=1S/C20H25N7O3S2/c1-26-7-2-8-27-14(12-26)9-17(24-27)19(28)23-20-22-16-4-3-15(10-18(16)31-20)32(29,30)25-13-5-6-21-11-13/h3-4,9-10,13,21,25H,2,5-8,11-12H2,1H3,(H,22,23,28). The first-order valence-electron chi connectivity index (χ1n) is 10.6. The van der Waals surface area contributed by atoms with Crippen LogP contribution in [0, 0.1) is 0 Å². The zero-order valence-electron chi connectivity index (χ0n) is 17.7. The number of aromatic nitrogens is 3. The van der Waals surface area contributed by atoms with Gasteiger partial charge in [-0.05, 0) is 50.7 Å². The second kappa shape index (κ2) is 8.52. The maximum Gasteiger partial charge on any atom is 0.277 e. The summed E-state index contributed by atoms with van der Waals surface area (Å²) in [5, 5.41) is 10.8. The number of nitrogens with one attached hydrogen (secondary N) is 3. The van der Waals surface area contributed by atoms with E-state index in [9.17, 15) is 13.2 Å². The van der Waals surface area contributed by atoms with Crippen LogP contribution >= 0.6 is 11.3 Å². The second-order valence-electron chi connectivity index (χ2n) is 8.25. The van der Waals surface area contributed by atoms with Crippen LogP contribution in [0.2, 0.25) is 0 Å². The maximum absolute atomic E-state index is 12.7. The molecule has 0 saturated carbocycles. The van der Waals surface area contributed by atoms with E-state index in [4.69, 9.17) is 0 Å². The van der Waals surface area contributed by atoms with Crippen molar-refractivity contribution < 1.29 is 13.2 Å². The van der Waals surface area contributed by atoms with Crippen LogP contribution in [0.3, 0.4) is 0 Å². The highest BCUT2D eigenvalue weighted by molar-refractivity contribution is 7.89. The fraction of sp³-hybridized carbons (Fsp3) is 0.450. The molecule has 0 aliphatic carbocycles. The summed E-state index contributed by atoms with van der Waals surface area (Å²) in [7, 11) is -1.56. The van der Waals surface area contributed by atoms with E-state index >= 15 is 0 Å². The molecule has 0 radical (unpaired) electrons. The number of rotatable bonds is 5. The number of amides is 1. The van der Waals surface area contributed by atoms with Crippen LogP contribution in [0.1, 0.15) is 29.0 Å². The van der Waals surface area contributed by atoms with E-state index in [1.165, 1.54) is 11.3 Å². The van der Waals surface area contributed by atoms with Crippen molar-refractivity contribution in [2.24, 2.45) is 0 Å². The summed E-state index contributed by atoms with van der Waals surface area (Å²) in [6, 6.07) is 6.52. The molecule has 1 saturated heterocycles.